The molecule has 0 bridgehead atoms. The highest BCUT2D eigenvalue weighted by molar-refractivity contribution is 5.97. The van der Waals surface area contributed by atoms with Gasteiger partial charge < -0.3 is 13.7 Å². The lowest BCUT2D eigenvalue weighted by atomic mass is 10.2. The van der Waals surface area contributed by atoms with Gasteiger partial charge in [0.15, 0.2) is 5.76 Å². The second-order valence-corrected chi connectivity index (χ2v) is 7.56. The molecule has 4 aromatic rings. The number of hydrazone groups is 1. The predicted molar refractivity (Wildman–Crippen MR) is 126 cm³/mol. The van der Waals surface area contributed by atoms with E-state index in [0.29, 0.717) is 28.0 Å². The molecule has 1 N–H and O–H groups in total. The number of amides is 1. The van der Waals surface area contributed by atoms with Crippen LogP contribution in [-0.4, -0.2) is 33.6 Å². The minimum absolute atomic E-state index is 0.0428. The SMILES string of the molecule is COc1cc([N+](=O)[O-])ccc1-n1c(C)cc(/C=N/NC(=O)c2cc3cc([N+](=O)[O-])ccc3o2)c1C. The number of carbonyl (C=O) groups excluding carboxylic acids is 1. The molecule has 0 unspecified atom stereocenters. The van der Waals surface area contributed by atoms with Crippen molar-refractivity contribution in [2.75, 3.05) is 7.11 Å². The van der Waals surface area contributed by atoms with Gasteiger partial charge in [0.05, 0.1) is 34.9 Å². The number of benzene rings is 2. The number of aryl methyl sites for hydroxylation is 1. The number of rotatable bonds is 7. The number of non-ortho nitro benzene ring substituents is 2. The van der Waals surface area contributed by atoms with Gasteiger partial charge in [0.1, 0.15) is 11.3 Å². The van der Waals surface area contributed by atoms with Crippen molar-refractivity contribution in [3.63, 3.8) is 0 Å². The highest BCUT2D eigenvalue weighted by Crippen LogP contribution is 2.31. The number of ether oxygens (including phenoxy) is 1. The zero-order chi connectivity index (χ0) is 25.3. The van der Waals surface area contributed by atoms with Crippen LogP contribution >= 0.6 is 0 Å². The van der Waals surface area contributed by atoms with Gasteiger partial charge in [-0.25, -0.2) is 5.43 Å². The predicted octanol–water partition coefficient (Wildman–Crippen LogP) is 4.43. The lowest BCUT2D eigenvalue weighted by Gasteiger charge is -2.13. The van der Waals surface area contributed by atoms with Gasteiger partial charge in [-0.1, -0.05) is 0 Å². The molecule has 2 aromatic carbocycles. The van der Waals surface area contributed by atoms with E-state index >= 15 is 0 Å². The molecule has 2 heterocycles. The van der Waals surface area contributed by atoms with E-state index in [1.54, 1.807) is 6.07 Å². The zero-order valence-corrected chi connectivity index (χ0v) is 18.8. The van der Waals surface area contributed by atoms with E-state index in [1.807, 2.05) is 24.5 Å². The topological polar surface area (TPSA) is 155 Å². The van der Waals surface area contributed by atoms with E-state index in [0.717, 1.165) is 11.4 Å². The van der Waals surface area contributed by atoms with Crippen LogP contribution in [0.3, 0.4) is 0 Å². The average Bonchev–Trinajstić information content (AvgIpc) is 3.38. The summed E-state index contributed by atoms with van der Waals surface area (Å²) >= 11 is 0. The largest absolute Gasteiger partial charge is 0.494 e. The molecule has 0 saturated heterocycles. The first-order valence-electron chi connectivity index (χ1n) is 10.2. The molecular formula is C23H19N5O7. The van der Waals surface area contributed by atoms with E-state index in [2.05, 4.69) is 10.5 Å². The van der Waals surface area contributed by atoms with Gasteiger partial charge >= 0.3 is 5.91 Å². The summed E-state index contributed by atoms with van der Waals surface area (Å²) in [6, 6.07) is 11.6. The van der Waals surface area contributed by atoms with Crippen LogP contribution in [0.15, 0.2) is 58.0 Å². The van der Waals surface area contributed by atoms with Gasteiger partial charge in [0.2, 0.25) is 0 Å². The Morgan fingerprint density at radius 1 is 1.06 bits per heavy atom. The molecule has 12 nitrogen and oxygen atoms in total. The number of aromatic nitrogens is 1. The van der Waals surface area contributed by atoms with Crippen LogP contribution in [0.2, 0.25) is 0 Å². The fourth-order valence-corrected chi connectivity index (χ4v) is 3.73. The van der Waals surface area contributed by atoms with Crippen LogP contribution in [0.5, 0.6) is 5.75 Å². The minimum atomic E-state index is -0.619. The molecule has 0 fully saturated rings. The Bertz CT molecular complexity index is 1520. The van der Waals surface area contributed by atoms with Crippen LogP contribution in [0.25, 0.3) is 16.7 Å². The number of nitro groups is 2. The summed E-state index contributed by atoms with van der Waals surface area (Å²) in [6.45, 7) is 3.69. The number of methoxy groups -OCH3 is 1. The summed E-state index contributed by atoms with van der Waals surface area (Å²) in [5, 5.41) is 26.4. The molecule has 0 saturated carbocycles. The van der Waals surface area contributed by atoms with Crippen molar-refractivity contribution in [3.8, 4) is 11.4 Å². The number of hydrogen-bond donors (Lipinski definition) is 1. The Morgan fingerprint density at radius 2 is 1.74 bits per heavy atom. The molecule has 0 atom stereocenters. The van der Waals surface area contributed by atoms with Crippen molar-refractivity contribution < 1.29 is 23.8 Å². The smallest absolute Gasteiger partial charge is 0.307 e. The third kappa shape index (κ3) is 4.44. The maximum absolute atomic E-state index is 12.4. The lowest BCUT2D eigenvalue weighted by molar-refractivity contribution is -0.385. The van der Waals surface area contributed by atoms with Gasteiger partial charge in [0.25, 0.3) is 11.4 Å². The second kappa shape index (κ2) is 9.09. The maximum atomic E-state index is 12.4. The first-order chi connectivity index (χ1) is 16.7. The standard InChI is InChI=1S/C23H19N5O7/c1-13-8-16(14(2)26(13)19-6-4-18(28(32)33)11-21(19)34-3)12-24-25-23(29)22-10-15-9-17(27(30)31)5-7-20(15)35-22/h4-12H,1-3H3,(H,25,29)/b24-12+. The molecule has 0 aliphatic heterocycles. The maximum Gasteiger partial charge on any atom is 0.307 e. The van der Waals surface area contributed by atoms with Crippen molar-refractivity contribution in [2.24, 2.45) is 5.10 Å². The van der Waals surface area contributed by atoms with E-state index in [-0.39, 0.29) is 17.1 Å². The highest BCUT2D eigenvalue weighted by Gasteiger charge is 2.18. The van der Waals surface area contributed by atoms with Crippen LogP contribution < -0.4 is 10.2 Å². The van der Waals surface area contributed by atoms with Crippen molar-refractivity contribution in [2.45, 2.75) is 13.8 Å². The summed E-state index contributed by atoms with van der Waals surface area (Å²) in [6.07, 6.45) is 1.46. The number of nitro benzene ring substituents is 2. The summed E-state index contributed by atoms with van der Waals surface area (Å²) in [5.74, 6) is -0.326. The summed E-state index contributed by atoms with van der Waals surface area (Å²) in [5.41, 5.74) is 5.43. The number of carbonyl (C=O) groups is 1. The first kappa shape index (κ1) is 23.2. The molecule has 4 rings (SSSR count). The third-order valence-electron chi connectivity index (χ3n) is 5.39. The normalized spacial score (nSPS) is 11.2. The number of hydrogen-bond acceptors (Lipinski definition) is 8. The van der Waals surface area contributed by atoms with Gasteiger partial charge in [-0.05, 0) is 38.1 Å². The highest BCUT2D eigenvalue weighted by atomic mass is 16.6. The van der Waals surface area contributed by atoms with Gasteiger partial charge in [-0.3, -0.25) is 25.0 Å². The molecular weight excluding hydrogens is 458 g/mol. The van der Waals surface area contributed by atoms with Crippen LogP contribution in [-0.2, 0) is 0 Å². The number of furan rings is 1. The van der Waals surface area contributed by atoms with Crippen molar-refractivity contribution in [1.82, 2.24) is 9.99 Å². The Labute approximate surface area is 197 Å². The fraction of sp³-hybridized carbons (Fsp3) is 0.130. The van der Waals surface area contributed by atoms with Crippen LogP contribution in [0, 0.1) is 34.1 Å². The first-order valence-corrected chi connectivity index (χ1v) is 10.2. The van der Waals surface area contributed by atoms with Gasteiger partial charge in [0, 0.05) is 40.5 Å². The van der Waals surface area contributed by atoms with Crippen LogP contribution in [0.4, 0.5) is 11.4 Å². The Morgan fingerprint density at radius 3 is 2.43 bits per heavy atom. The number of fused-ring (bicyclic) bond motifs is 1. The summed E-state index contributed by atoms with van der Waals surface area (Å²) < 4.78 is 12.7. The Balaban J connectivity index is 1.55. The molecule has 0 aliphatic rings. The monoisotopic (exact) mass is 477 g/mol. The van der Waals surface area contributed by atoms with Gasteiger partial charge in [-0.15, -0.1) is 0 Å². The van der Waals surface area contributed by atoms with E-state index in [4.69, 9.17) is 9.15 Å². The molecule has 35 heavy (non-hydrogen) atoms. The van der Waals surface area contributed by atoms with Gasteiger partial charge in [-0.2, -0.15) is 5.10 Å². The Kier molecular flexibility index (Phi) is 6.02. The summed E-state index contributed by atoms with van der Waals surface area (Å²) in [7, 11) is 1.44. The van der Waals surface area contributed by atoms with Crippen molar-refractivity contribution >= 4 is 34.5 Å². The lowest BCUT2D eigenvalue weighted by Crippen LogP contribution is -2.16. The summed E-state index contributed by atoms with van der Waals surface area (Å²) in [4.78, 5) is 33.4. The zero-order valence-electron chi connectivity index (χ0n) is 18.8. The minimum Gasteiger partial charge on any atom is -0.494 e. The third-order valence-corrected chi connectivity index (χ3v) is 5.39. The molecule has 0 spiro atoms. The molecule has 1 amide bonds. The van der Waals surface area contributed by atoms with Crippen molar-refractivity contribution in [1.29, 1.82) is 0 Å². The van der Waals surface area contributed by atoms with E-state index in [1.165, 1.54) is 49.7 Å². The van der Waals surface area contributed by atoms with Crippen LogP contribution in [0.1, 0.15) is 27.5 Å². The average molecular weight is 477 g/mol. The van der Waals surface area contributed by atoms with E-state index < -0.39 is 15.8 Å². The molecule has 178 valence electrons. The van der Waals surface area contributed by atoms with Crippen molar-refractivity contribution in [3.05, 3.63) is 91.5 Å². The quantitative estimate of drug-likeness (QED) is 0.234. The molecule has 0 radical (unpaired) electrons. The Hall–Kier alpha value is -5.00. The second-order valence-electron chi connectivity index (χ2n) is 7.56. The molecule has 12 heteroatoms. The molecule has 2 aromatic heterocycles. The number of nitrogens with one attached hydrogen (secondary N) is 1. The molecule has 0 aliphatic carbocycles. The number of nitrogens with zero attached hydrogens (tertiary/aromatic N) is 4. The van der Waals surface area contributed by atoms with E-state index in [9.17, 15) is 25.0 Å². The fourth-order valence-electron chi connectivity index (χ4n) is 3.73.